The van der Waals surface area contributed by atoms with Crippen molar-refractivity contribution in [3.05, 3.63) is 0 Å². The molecule has 116 valence electrons. The summed E-state index contributed by atoms with van der Waals surface area (Å²) >= 11 is 0. The van der Waals surface area contributed by atoms with Crippen molar-refractivity contribution in [2.24, 2.45) is 10.9 Å². The summed E-state index contributed by atoms with van der Waals surface area (Å²) < 4.78 is 5.20. The van der Waals surface area contributed by atoms with Gasteiger partial charge >= 0.3 is 0 Å². The summed E-state index contributed by atoms with van der Waals surface area (Å²) in [7, 11) is 0. The van der Waals surface area contributed by atoms with Crippen molar-refractivity contribution < 1.29 is 14.7 Å². The molecule has 7 nitrogen and oxygen atoms in total. The van der Waals surface area contributed by atoms with E-state index in [2.05, 4.69) is 10.1 Å². The Morgan fingerprint density at radius 2 is 1.95 bits per heavy atom. The van der Waals surface area contributed by atoms with Crippen molar-refractivity contribution in [3.63, 3.8) is 0 Å². The maximum absolute atomic E-state index is 12.0. The van der Waals surface area contributed by atoms with E-state index in [1.807, 2.05) is 25.7 Å². The number of piperazine rings is 1. The number of carbonyl (C=O) groups excluding carboxylic acids is 1. The Morgan fingerprint density at radius 1 is 1.35 bits per heavy atom. The number of hydrogen-bond donors (Lipinski definition) is 2. The topological polar surface area (TPSA) is 91.4 Å². The zero-order valence-electron chi connectivity index (χ0n) is 12.6. The molecule has 7 heteroatoms. The standard InChI is InChI=1S/C13H26N4O3/c1-4-20-10-5-11(18)16-6-8-17(9-7-16)13(2,3)12(14)15-19/h19H,4-10H2,1-3H3,(H2,14,15). The van der Waals surface area contributed by atoms with E-state index >= 15 is 0 Å². The Bertz CT molecular complexity index is 350. The fourth-order valence-electron chi connectivity index (χ4n) is 2.26. The highest BCUT2D eigenvalue weighted by atomic mass is 16.5. The summed E-state index contributed by atoms with van der Waals surface area (Å²) in [6.45, 7) is 9.59. The van der Waals surface area contributed by atoms with Crippen LogP contribution in [-0.2, 0) is 9.53 Å². The summed E-state index contributed by atoms with van der Waals surface area (Å²) in [5.74, 6) is 0.313. The molecular weight excluding hydrogens is 260 g/mol. The first-order valence-corrected chi connectivity index (χ1v) is 7.02. The third-order valence-electron chi connectivity index (χ3n) is 3.82. The number of oxime groups is 1. The van der Waals surface area contributed by atoms with E-state index in [0.29, 0.717) is 45.8 Å². The first-order valence-electron chi connectivity index (χ1n) is 7.02. The predicted octanol–water partition coefficient (Wildman–Crippen LogP) is 0.0822. The zero-order valence-corrected chi connectivity index (χ0v) is 12.6. The van der Waals surface area contributed by atoms with Crippen molar-refractivity contribution >= 4 is 11.7 Å². The molecule has 0 aliphatic carbocycles. The lowest BCUT2D eigenvalue weighted by Crippen LogP contribution is -2.60. The third-order valence-corrected chi connectivity index (χ3v) is 3.82. The smallest absolute Gasteiger partial charge is 0.224 e. The molecule has 1 aliphatic heterocycles. The SMILES string of the molecule is CCOCCC(=O)N1CCN(C(C)(C)C(N)=NO)CC1. The largest absolute Gasteiger partial charge is 0.409 e. The Balaban J connectivity index is 2.45. The number of carbonyl (C=O) groups is 1. The van der Waals surface area contributed by atoms with Gasteiger partial charge in [-0.3, -0.25) is 9.69 Å². The average molecular weight is 286 g/mol. The lowest BCUT2D eigenvalue weighted by atomic mass is 10.00. The van der Waals surface area contributed by atoms with Gasteiger partial charge in [-0.25, -0.2) is 0 Å². The number of nitrogens with two attached hydrogens (primary N) is 1. The minimum absolute atomic E-state index is 0.125. The molecule has 0 radical (unpaired) electrons. The van der Waals surface area contributed by atoms with Gasteiger partial charge in [-0.05, 0) is 20.8 Å². The molecule has 1 heterocycles. The van der Waals surface area contributed by atoms with Gasteiger partial charge in [0.25, 0.3) is 0 Å². The quantitative estimate of drug-likeness (QED) is 0.237. The molecule has 0 saturated carbocycles. The molecule has 0 unspecified atom stereocenters. The molecule has 1 rings (SSSR count). The van der Waals surface area contributed by atoms with E-state index in [0.717, 1.165) is 0 Å². The highest BCUT2D eigenvalue weighted by Gasteiger charge is 2.34. The van der Waals surface area contributed by atoms with Crippen LogP contribution in [0.3, 0.4) is 0 Å². The fourth-order valence-corrected chi connectivity index (χ4v) is 2.26. The number of hydrogen-bond acceptors (Lipinski definition) is 5. The Labute approximate surface area is 120 Å². The first-order chi connectivity index (χ1) is 9.43. The van der Waals surface area contributed by atoms with Crippen molar-refractivity contribution in [3.8, 4) is 0 Å². The molecule has 0 aromatic heterocycles. The van der Waals surface area contributed by atoms with Crippen LogP contribution >= 0.6 is 0 Å². The molecule has 0 aromatic carbocycles. The molecular formula is C13H26N4O3. The second kappa shape index (κ2) is 7.44. The van der Waals surface area contributed by atoms with Gasteiger partial charge in [-0.15, -0.1) is 0 Å². The van der Waals surface area contributed by atoms with Gasteiger partial charge in [0.15, 0.2) is 5.84 Å². The lowest BCUT2D eigenvalue weighted by molar-refractivity contribution is -0.134. The molecule has 1 aliphatic rings. The summed E-state index contributed by atoms with van der Waals surface area (Å²) in [6, 6.07) is 0. The Morgan fingerprint density at radius 3 is 2.45 bits per heavy atom. The number of rotatable bonds is 6. The fraction of sp³-hybridized carbons (Fsp3) is 0.846. The van der Waals surface area contributed by atoms with Crippen LogP contribution in [0.4, 0.5) is 0 Å². The monoisotopic (exact) mass is 286 g/mol. The summed E-state index contributed by atoms with van der Waals surface area (Å²) in [5, 5.41) is 11.9. The predicted molar refractivity (Wildman–Crippen MR) is 76.8 cm³/mol. The maximum Gasteiger partial charge on any atom is 0.224 e. The van der Waals surface area contributed by atoms with Crippen LogP contribution in [0.25, 0.3) is 0 Å². The van der Waals surface area contributed by atoms with E-state index in [4.69, 9.17) is 15.7 Å². The third kappa shape index (κ3) is 4.08. The minimum Gasteiger partial charge on any atom is -0.409 e. The van der Waals surface area contributed by atoms with Gasteiger partial charge < -0.3 is 20.6 Å². The molecule has 0 aromatic rings. The van der Waals surface area contributed by atoms with Crippen LogP contribution in [0.5, 0.6) is 0 Å². The lowest BCUT2D eigenvalue weighted by Gasteiger charge is -2.43. The molecule has 1 fully saturated rings. The molecule has 20 heavy (non-hydrogen) atoms. The van der Waals surface area contributed by atoms with E-state index in [1.165, 1.54) is 0 Å². The maximum atomic E-state index is 12.0. The normalized spacial score (nSPS) is 18.4. The summed E-state index contributed by atoms with van der Waals surface area (Å²) in [4.78, 5) is 15.9. The average Bonchev–Trinajstić information content (AvgIpc) is 2.46. The van der Waals surface area contributed by atoms with E-state index in [9.17, 15) is 4.79 Å². The van der Waals surface area contributed by atoms with Gasteiger partial charge in [-0.2, -0.15) is 0 Å². The van der Waals surface area contributed by atoms with Gasteiger partial charge in [-0.1, -0.05) is 5.16 Å². The Kier molecular flexibility index (Phi) is 6.22. The molecule has 0 bridgehead atoms. The van der Waals surface area contributed by atoms with Gasteiger partial charge in [0, 0.05) is 32.8 Å². The highest BCUT2D eigenvalue weighted by molar-refractivity contribution is 5.88. The molecule has 0 atom stereocenters. The summed E-state index contributed by atoms with van der Waals surface area (Å²) in [5.41, 5.74) is 5.21. The van der Waals surface area contributed by atoms with Crippen LogP contribution in [0.15, 0.2) is 5.16 Å². The first kappa shape index (κ1) is 16.7. The number of amidine groups is 1. The molecule has 3 N–H and O–H groups in total. The molecule has 0 spiro atoms. The second-order valence-electron chi connectivity index (χ2n) is 5.36. The second-order valence-corrected chi connectivity index (χ2v) is 5.36. The van der Waals surface area contributed by atoms with E-state index < -0.39 is 5.54 Å². The number of amides is 1. The van der Waals surface area contributed by atoms with Crippen LogP contribution in [0, 0.1) is 0 Å². The van der Waals surface area contributed by atoms with E-state index in [1.54, 1.807) is 0 Å². The highest BCUT2D eigenvalue weighted by Crippen LogP contribution is 2.17. The zero-order chi connectivity index (χ0) is 15.2. The molecule has 1 amide bonds. The van der Waals surface area contributed by atoms with Gasteiger partial charge in [0.05, 0.1) is 18.6 Å². The van der Waals surface area contributed by atoms with Crippen LogP contribution in [0.2, 0.25) is 0 Å². The van der Waals surface area contributed by atoms with Crippen molar-refractivity contribution in [1.82, 2.24) is 9.80 Å². The van der Waals surface area contributed by atoms with Crippen molar-refractivity contribution in [2.75, 3.05) is 39.4 Å². The van der Waals surface area contributed by atoms with Gasteiger partial charge in [0.1, 0.15) is 0 Å². The number of nitrogens with zero attached hydrogens (tertiary/aromatic N) is 3. The van der Waals surface area contributed by atoms with Crippen molar-refractivity contribution in [2.45, 2.75) is 32.7 Å². The number of ether oxygens (including phenoxy) is 1. The van der Waals surface area contributed by atoms with Crippen LogP contribution < -0.4 is 5.73 Å². The minimum atomic E-state index is -0.505. The van der Waals surface area contributed by atoms with Crippen LogP contribution in [-0.4, -0.2) is 71.7 Å². The Hall–Kier alpha value is -1.34. The van der Waals surface area contributed by atoms with Crippen LogP contribution in [0.1, 0.15) is 27.2 Å². The summed E-state index contributed by atoms with van der Waals surface area (Å²) in [6.07, 6.45) is 0.428. The molecule has 1 saturated heterocycles. The van der Waals surface area contributed by atoms with Crippen molar-refractivity contribution in [1.29, 1.82) is 0 Å². The van der Waals surface area contributed by atoms with Gasteiger partial charge in [0.2, 0.25) is 5.91 Å². The van der Waals surface area contributed by atoms with E-state index in [-0.39, 0.29) is 11.7 Å².